The topological polar surface area (TPSA) is 29.9 Å². The van der Waals surface area contributed by atoms with Crippen molar-refractivity contribution in [2.45, 2.75) is 64.5 Å². The van der Waals surface area contributed by atoms with Crippen LogP contribution in [0, 0.1) is 0 Å². The predicted molar refractivity (Wildman–Crippen MR) is 71.1 cm³/mol. The van der Waals surface area contributed by atoms with Crippen LogP contribution in [0.4, 0.5) is 0 Å². The van der Waals surface area contributed by atoms with E-state index in [1.54, 1.807) is 0 Å². The third kappa shape index (κ3) is 2.89. The Labute approximate surface area is 105 Å². The summed E-state index contributed by atoms with van der Waals surface area (Å²) in [6.45, 7) is 3.20. The highest BCUT2D eigenvalue weighted by molar-refractivity contribution is 5.18. The molecular formula is C14H25N3. The zero-order chi connectivity index (χ0) is 12.1. The quantitative estimate of drug-likeness (QED) is 0.850. The number of aromatic nitrogens is 2. The number of hydrogen-bond donors (Lipinski definition) is 1. The van der Waals surface area contributed by atoms with Crippen LogP contribution in [0.15, 0.2) is 6.20 Å². The molecular weight excluding hydrogens is 210 g/mol. The Morgan fingerprint density at radius 1 is 1.35 bits per heavy atom. The van der Waals surface area contributed by atoms with Crippen LogP contribution in [-0.2, 0) is 13.0 Å². The van der Waals surface area contributed by atoms with E-state index in [0.29, 0.717) is 6.04 Å². The van der Waals surface area contributed by atoms with E-state index in [1.165, 1.54) is 49.8 Å². The molecule has 1 aromatic heterocycles. The second-order valence-corrected chi connectivity index (χ2v) is 5.13. The van der Waals surface area contributed by atoms with Crippen LogP contribution in [0.3, 0.4) is 0 Å². The van der Waals surface area contributed by atoms with Gasteiger partial charge in [-0.25, -0.2) is 0 Å². The van der Waals surface area contributed by atoms with Gasteiger partial charge < -0.3 is 5.32 Å². The zero-order valence-electron chi connectivity index (χ0n) is 11.2. The summed E-state index contributed by atoms with van der Waals surface area (Å²) in [7, 11) is 2.01. The van der Waals surface area contributed by atoms with Gasteiger partial charge in [-0.1, -0.05) is 32.6 Å². The molecule has 0 unspecified atom stereocenters. The van der Waals surface area contributed by atoms with Crippen molar-refractivity contribution in [3.8, 4) is 0 Å². The van der Waals surface area contributed by atoms with Crippen LogP contribution in [0.1, 0.15) is 62.7 Å². The predicted octanol–water partition coefficient (Wildman–Crippen LogP) is 3.06. The average Bonchev–Trinajstić information content (AvgIpc) is 2.75. The molecule has 1 aliphatic carbocycles. The van der Waals surface area contributed by atoms with Gasteiger partial charge in [-0.05, 0) is 26.3 Å². The first kappa shape index (κ1) is 12.6. The molecule has 0 bridgehead atoms. The van der Waals surface area contributed by atoms with Gasteiger partial charge >= 0.3 is 0 Å². The molecule has 0 amide bonds. The molecule has 1 heterocycles. The molecule has 0 spiro atoms. The van der Waals surface area contributed by atoms with Gasteiger partial charge in [0, 0.05) is 17.8 Å². The summed E-state index contributed by atoms with van der Waals surface area (Å²) < 4.78 is 2.33. The normalized spacial score (nSPS) is 17.5. The van der Waals surface area contributed by atoms with Crippen LogP contribution >= 0.6 is 0 Å². The average molecular weight is 235 g/mol. The lowest BCUT2D eigenvalue weighted by Gasteiger charge is -2.24. The third-order valence-corrected chi connectivity index (χ3v) is 3.76. The second kappa shape index (κ2) is 6.20. The number of nitrogens with zero attached hydrogens (tertiary/aromatic N) is 2. The zero-order valence-corrected chi connectivity index (χ0v) is 11.2. The van der Waals surface area contributed by atoms with Crippen molar-refractivity contribution >= 4 is 0 Å². The minimum absolute atomic E-state index is 0.663. The molecule has 0 aliphatic heterocycles. The summed E-state index contributed by atoms with van der Waals surface area (Å²) in [5.74, 6) is 0. The van der Waals surface area contributed by atoms with E-state index in [0.717, 1.165) is 13.0 Å². The van der Waals surface area contributed by atoms with E-state index < -0.39 is 0 Å². The van der Waals surface area contributed by atoms with Crippen molar-refractivity contribution in [2.24, 2.45) is 0 Å². The number of nitrogens with one attached hydrogen (secondary N) is 1. The third-order valence-electron chi connectivity index (χ3n) is 3.76. The highest BCUT2D eigenvalue weighted by Crippen LogP contribution is 2.29. The Hall–Kier alpha value is -0.830. The van der Waals surface area contributed by atoms with Crippen LogP contribution in [0.25, 0.3) is 0 Å². The van der Waals surface area contributed by atoms with E-state index in [9.17, 15) is 0 Å². The van der Waals surface area contributed by atoms with Gasteiger partial charge in [0.2, 0.25) is 0 Å². The first-order valence-electron chi connectivity index (χ1n) is 7.06. The van der Waals surface area contributed by atoms with Gasteiger partial charge in [0.25, 0.3) is 0 Å². The van der Waals surface area contributed by atoms with E-state index in [-0.39, 0.29) is 0 Å². The Morgan fingerprint density at radius 2 is 2.12 bits per heavy atom. The van der Waals surface area contributed by atoms with Gasteiger partial charge in [0.05, 0.1) is 12.2 Å². The molecule has 17 heavy (non-hydrogen) atoms. The van der Waals surface area contributed by atoms with Gasteiger partial charge in [-0.2, -0.15) is 5.10 Å². The van der Waals surface area contributed by atoms with Gasteiger partial charge in [-0.15, -0.1) is 0 Å². The Kier molecular flexibility index (Phi) is 4.60. The molecule has 1 aromatic rings. The molecule has 3 heteroatoms. The smallest absolute Gasteiger partial charge is 0.0537 e. The minimum atomic E-state index is 0.663. The lowest BCUT2D eigenvalue weighted by Crippen LogP contribution is -2.17. The maximum Gasteiger partial charge on any atom is 0.0537 e. The fraction of sp³-hybridized carbons (Fsp3) is 0.786. The van der Waals surface area contributed by atoms with Crippen molar-refractivity contribution in [1.29, 1.82) is 0 Å². The largest absolute Gasteiger partial charge is 0.316 e. The Bertz CT molecular complexity index is 337. The Balaban J connectivity index is 2.19. The van der Waals surface area contributed by atoms with Crippen molar-refractivity contribution < 1.29 is 0 Å². The number of hydrogen-bond acceptors (Lipinski definition) is 2. The van der Waals surface area contributed by atoms with Crippen LogP contribution in [0.2, 0.25) is 0 Å². The van der Waals surface area contributed by atoms with Crippen LogP contribution in [0.5, 0.6) is 0 Å². The van der Waals surface area contributed by atoms with Crippen LogP contribution < -0.4 is 5.32 Å². The molecule has 1 fully saturated rings. The van der Waals surface area contributed by atoms with E-state index in [2.05, 4.69) is 28.2 Å². The maximum absolute atomic E-state index is 4.65. The molecule has 2 rings (SSSR count). The van der Waals surface area contributed by atoms with E-state index in [4.69, 9.17) is 0 Å². The van der Waals surface area contributed by atoms with Gasteiger partial charge in [0.15, 0.2) is 0 Å². The lowest BCUT2D eigenvalue weighted by atomic mass is 9.95. The SMILES string of the molecule is CCCc1c(CNC)cnn1C1CCCCC1. The summed E-state index contributed by atoms with van der Waals surface area (Å²) in [4.78, 5) is 0. The summed E-state index contributed by atoms with van der Waals surface area (Å²) in [5, 5.41) is 7.90. The first-order valence-corrected chi connectivity index (χ1v) is 7.06. The van der Waals surface area contributed by atoms with Crippen molar-refractivity contribution in [1.82, 2.24) is 15.1 Å². The first-order chi connectivity index (χ1) is 8.36. The van der Waals surface area contributed by atoms with E-state index >= 15 is 0 Å². The second-order valence-electron chi connectivity index (χ2n) is 5.13. The molecule has 0 radical (unpaired) electrons. The van der Waals surface area contributed by atoms with Crippen molar-refractivity contribution in [3.63, 3.8) is 0 Å². The molecule has 1 N–H and O–H groups in total. The highest BCUT2D eigenvalue weighted by atomic mass is 15.3. The summed E-state index contributed by atoms with van der Waals surface area (Å²) in [6, 6.07) is 0.663. The number of rotatable bonds is 5. The monoisotopic (exact) mass is 235 g/mol. The molecule has 0 saturated heterocycles. The molecule has 1 saturated carbocycles. The Morgan fingerprint density at radius 3 is 2.76 bits per heavy atom. The van der Waals surface area contributed by atoms with Crippen LogP contribution in [-0.4, -0.2) is 16.8 Å². The van der Waals surface area contributed by atoms with E-state index in [1.807, 2.05) is 7.05 Å². The van der Waals surface area contributed by atoms with Crippen molar-refractivity contribution in [2.75, 3.05) is 7.05 Å². The molecule has 0 atom stereocenters. The molecule has 3 nitrogen and oxygen atoms in total. The van der Waals surface area contributed by atoms with Gasteiger partial charge in [0.1, 0.15) is 0 Å². The summed E-state index contributed by atoms with van der Waals surface area (Å²) >= 11 is 0. The van der Waals surface area contributed by atoms with Gasteiger partial charge in [-0.3, -0.25) is 4.68 Å². The summed E-state index contributed by atoms with van der Waals surface area (Å²) in [6.07, 6.45) is 11.2. The summed E-state index contributed by atoms with van der Waals surface area (Å²) in [5.41, 5.74) is 2.86. The maximum atomic E-state index is 4.65. The fourth-order valence-corrected chi connectivity index (χ4v) is 2.91. The highest BCUT2D eigenvalue weighted by Gasteiger charge is 2.20. The van der Waals surface area contributed by atoms with Crippen molar-refractivity contribution in [3.05, 3.63) is 17.5 Å². The molecule has 0 aromatic carbocycles. The lowest BCUT2D eigenvalue weighted by molar-refractivity contribution is 0.321. The molecule has 1 aliphatic rings. The molecule has 96 valence electrons. The standard InChI is InChI=1S/C14H25N3/c1-3-7-14-12(10-15-2)11-16-17(14)13-8-5-4-6-9-13/h11,13,15H,3-10H2,1-2H3. The minimum Gasteiger partial charge on any atom is -0.316 e. The fourth-order valence-electron chi connectivity index (χ4n) is 2.91.